The highest BCUT2D eigenvalue weighted by Gasteiger charge is 2.53. The predicted molar refractivity (Wildman–Crippen MR) is 72.1 cm³/mol. The van der Waals surface area contributed by atoms with Gasteiger partial charge in [-0.1, -0.05) is 39.0 Å². The summed E-state index contributed by atoms with van der Waals surface area (Å²) in [6.07, 6.45) is 6.58. The van der Waals surface area contributed by atoms with E-state index in [1.54, 1.807) is 0 Å². The lowest BCUT2D eigenvalue weighted by Gasteiger charge is -2.32. The molecule has 2 rings (SSSR count). The predicted octanol–water partition coefficient (Wildman–Crippen LogP) is 4.05. The van der Waals surface area contributed by atoms with Gasteiger partial charge in [0.15, 0.2) is 0 Å². The summed E-state index contributed by atoms with van der Waals surface area (Å²) < 4.78 is 12.3. The van der Waals surface area contributed by atoms with Gasteiger partial charge >= 0.3 is 7.12 Å². The van der Waals surface area contributed by atoms with Gasteiger partial charge in [-0.3, -0.25) is 0 Å². The maximum Gasteiger partial charge on any atom is 0.461 e. The molecule has 0 bridgehead atoms. The molecule has 0 amide bonds. The number of rotatable bonds is 2. The van der Waals surface area contributed by atoms with E-state index in [-0.39, 0.29) is 18.3 Å². The Hall–Kier alpha value is -0.0151. The topological polar surface area (TPSA) is 18.5 Å². The maximum absolute atomic E-state index is 6.15. The fourth-order valence-electron chi connectivity index (χ4n) is 2.95. The minimum atomic E-state index is -0.167. The molecule has 2 nitrogen and oxygen atoms in total. The van der Waals surface area contributed by atoms with Crippen molar-refractivity contribution in [3.63, 3.8) is 0 Å². The summed E-state index contributed by atoms with van der Waals surface area (Å²) in [5.74, 6) is 1.55. The summed E-state index contributed by atoms with van der Waals surface area (Å²) in [6, 6.07) is 0. The monoisotopic (exact) mass is 238 g/mol. The Morgan fingerprint density at radius 3 is 1.82 bits per heavy atom. The van der Waals surface area contributed by atoms with E-state index in [9.17, 15) is 0 Å². The fraction of sp³-hybridized carbons (Fsp3) is 1.00. The van der Waals surface area contributed by atoms with Crippen molar-refractivity contribution in [1.29, 1.82) is 0 Å². The van der Waals surface area contributed by atoms with Crippen LogP contribution in [-0.4, -0.2) is 18.3 Å². The van der Waals surface area contributed by atoms with Gasteiger partial charge in [0, 0.05) is 0 Å². The highest BCUT2D eigenvalue weighted by atomic mass is 16.7. The minimum absolute atomic E-state index is 0.0257. The third-order valence-corrected chi connectivity index (χ3v) is 5.13. The van der Waals surface area contributed by atoms with Crippen LogP contribution in [0.5, 0.6) is 0 Å². The van der Waals surface area contributed by atoms with Crippen LogP contribution in [0.4, 0.5) is 0 Å². The van der Waals surface area contributed by atoms with Crippen molar-refractivity contribution >= 4 is 7.12 Å². The SMILES string of the molecule is CCC1CCC(B2OC(C)(C)C(C)(C)O2)CC1. The van der Waals surface area contributed by atoms with E-state index < -0.39 is 0 Å². The summed E-state index contributed by atoms with van der Waals surface area (Å²) in [6.45, 7) is 10.9. The van der Waals surface area contributed by atoms with Crippen molar-refractivity contribution in [2.75, 3.05) is 0 Å². The van der Waals surface area contributed by atoms with Gasteiger partial charge in [-0.05, 0) is 39.4 Å². The molecule has 0 N–H and O–H groups in total. The van der Waals surface area contributed by atoms with Gasteiger partial charge in [0.1, 0.15) is 0 Å². The fourth-order valence-corrected chi connectivity index (χ4v) is 2.95. The molecule has 1 aliphatic carbocycles. The van der Waals surface area contributed by atoms with Crippen LogP contribution in [0, 0.1) is 5.92 Å². The molecule has 1 saturated carbocycles. The molecule has 17 heavy (non-hydrogen) atoms. The largest absolute Gasteiger partial charge is 0.461 e. The van der Waals surface area contributed by atoms with Gasteiger partial charge in [-0.15, -0.1) is 0 Å². The highest BCUT2D eigenvalue weighted by molar-refractivity contribution is 6.47. The second-order valence-electron chi connectivity index (χ2n) is 6.81. The van der Waals surface area contributed by atoms with Crippen molar-refractivity contribution in [2.24, 2.45) is 5.92 Å². The molecule has 0 unspecified atom stereocenters. The van der Waals surface area contributed by atoms with Crippen LogP contribution in [0.25, 0.3) is 0 Å². The first kappa shape index (κ1) is 13.4. The van der Waals surface area contributed by atoms with Crippen molar-refractivity contribution in [3.05, 3.63) is 0 Å². The van der Waals surface area contributed by atoms with Crippen LogP contribution in [0.2, 0.25) is 5.82 Å². The third-order valence-electron chi connectivity index (χ3n) is 5.13. The molecule has 2 fully saturated rings. The normalized spacial score (nSPS) is 36.2. The summed E-state index contributed by atoms with van der Waals surface area (Å²) >= 11 is 0. The summed E-state index contributed by atoms with van der Waals surface area (Å²) in [4.78, 5) is 0. The Morgan fingerprint density at radius 2 is 1.41 bits per heavy atom. The quantitative estimate of drug-likeness (QED) is 0.675. The third kappa shape index (κ3) is 2.55. The van der Waals surface area contributed by atoms with Crippen molar-refractivity contribution in [2.45, 2.75) is 83.7 Å². The van der Waals surface area contributed by atoms with E-state index in [2.05, 4.69) is 34.6 Å². The zero-order valence-corrected chi connectivity index (χ0v) is 12.1. The van der Waals surface area contributed by atoms with E-state index in [1.165, 1.54) is 32.1 Å². The van der Waals surface area contributed by atoms with Gasteiger partial charge in [-0.25, -0.2) is 0 Å². The van der Waals surface area contributed by atoms with Crippen LogP contribution in [0.15, 0.2) is 0 Å². The molecule has 0 spiro atoms. The van der Waals surface area contributed by atoms with Gasteiger partial charge in [0.05, 0.1) is 11.2 Å². The molecule has 1 heterocycles. The smallest absolute Gasteiger partial charge is 0.403 e. The summed E-state index contributed by atoms with van der Waals surface area (Å²) in [5, 5.41) is 0. The first-order chi connectivity index (χ1) is 7.86. The Labute approximate surface area is 107 Å². The molecule has 2 aliphatic rings. The van der Waals surface area contributed by atoms with Gasteiger partial charge in [-0.2, -0.15) is 0 Å². The van der Waals surface area contributed by atoms with E-state index in [1.807, 2.05) is 0 Å². The molecule has 0 atom stereocenters. The van der Waals surface area contributed by atoms with Crippen LogP contribution in [0.1, 0.15) is 66.7 Å². The zero-order valence-electron chi connectivity index (χ0n) is 12.1. The van der Waals surface area contributed by atoms with E-state index in [0.29, 0.717) is 5.82 Å². The standard InChI is InChI=1S/C14H27BO2/c1-6-11-7-9-12(10-8-11)15-16-13(2,3)14(4,5)17-15/h11-12H,6-10H2,1-5H3. The highest BCUT2D eigenvalue weighted by Crippen LogP contribution is 2.45. The lowest BCUT2D eigenvalue weighted by molar-refractivity contribution is 0.00578. The van der Waals surface area contributed by atoms with Gasteiger partial charge in [0.2, 0.25) is 0 Å². The lowest BCUT2D eigenvalue weighted by Crippen LogP contribution is -2.41. The summed E-state index contributed by atoms with van der Waals surface area (Å²) in [5.41, 5.74) is -0.335. The minimum Gasteiger partial charge on any atom is -0.403 e. The molecule has 0 aromatic heterocycles. The molecule has 1 saturated heterocycles. The van der Waals surface area contributed by atoms with Crippen molar-refractivity contribution in [1.82, 2.24) is 0 Å². The first-order valence-electron chi connectivity index (χ1n) is 7.21. The van der Waals surface area contributed by atoms with Crippen LogP contribution < -0.4 is 0 Å². The maximum atomic E-state index is 6.15. The Morgan fingerprint density at radius 1 is 0.941 bits per heavy atom. The van der Waals surface area contributed by atoms with E-state index in [4.69, 9.17) is 9.31 Å². The Kier molecular flexibility index (Phi) is 3.62. The first-order valence-corrected chi connectivity index (χ1v) is 7.21. The van der Waals surface area contributed by atoms with Gasteiger partial charge < -0.3 is 9.31 Å². The van der Waals surface area contributed by atoms with Crippen LogP contribution >= 0.6 is 0 Å². The molecule has 0 aromatic rings. The Bertz CT molecular complexity index is 251. The lowest BCUT2D eigenvalue weighted by atomic mass is 9.62. The molecule has 1 aliphatic heterocycles. The van der Waals surface area contributed by atoms with Crippen LogP contribution in [0.3, 0.4) is 0 Å². The second kappa shape index (κ2) is 4.58. The van der Waals surface area contributed by atoms with Crippen molar-refractivity contribution < 1.29 is 9.31 Å². The van der Waals surface area contributed by atoms with E-state index in [0.717, 1.165) is 5.92 Å². The molecule has 3 heteroatoms. The summed E-state index contributed by atoms with van der Waals surface area (Å²) in [7, 11) is 0.0257. The zero-order chi connectivity index (χ0) is 12.7. The molecule has 0 aromatic carbocycles. The molecule has 98 valence electrons. The second-order valence-corrected chi connectivity index (χ2v) is 6.81. The number of hydrogen-bond donors (Lipinski definition) is 0. The van der Waals surface area contributed by atoms with Crippen LogP contribution in [-0.2, 0) is 9.31 Å². The average molecular weight is 238 g/mol. The molecular weight excluding hydrogens is 211 g/mol. The van der Waals surface area contributed by atoms with Gasteiger partial charge in [0.25, 0.3) is 0 Å². The molecule has 0 radical (unpaired) electrons. The van der Waals surface area contributed by atoms with Crippen molar-refractivity contribution in [3.8, 4) is 0 Å². The average Bonchev–Trinajstić information content (AvgIpc) is 2.48. The Balaban J connectivity index is 1.94. The number of hydrogen-bond acceptors (Lipinski definition) is 2. The molecular formula is C14H27BO2. The van der Waals surface area contributed by atoms with E-state index >= 15 is 0 Å².